The number of nitrogens with zero attached hydrogens (tertiary/aromatic N) is 1. The summed E-state index contributed by atoms with van der Waals surface area (Å²) in [7, 11) is 0. The number of fused-ring (bicyclic) bond motifs is 1. The van der Waals surface area contributed by atoms with Gasteiger partial charge < -0.3 is 9.84 Å². The highest BCUT2D eigenvalue weighted by atomic mass is 16.5. The number of hydrogen-bond acceptors (Lipinski definition) is 3. The van der Waals surface area contributed by atoms with Gasteiger partial charge in [0.25, 0.3) is 0 Å². The molecule has 4 rings (SSSR count). The van der Waals surface area contributed by atoms with E-state index in [-0.39, 0.29) is 6.10 Å². The minimum atomic E-state index is -0.0552. The first kappa shape index (κ1) is 15.7. The molecule has 0 aromatic heterocycles. The zero-order valence-electron chi connectivity index (χ0n) is 14.0. The normalized spacial score (nSPS) is 26.0. The monoisotopic (exact) mass is 323 g/mol. The second-order valence-electron chi connectivity index (χ2n) is 7.15. The fraction of sp³-hybridized carbons (Fsp3) is 0.429. The first-order chi connectivity index (χ1) is 11.8. The fourth-order valence-electron chi connectivity index (χ4n) is 3.97. The molecule has 2 aromatic rings. The standard InChI is InChI=1S/C21H25NO2/c23-21-12-18-14-22(15-20(18)21)13-17-6-8-19(9-7-17)24-11-10-16-4-2-1-3-5-16/h1-9,18,20-21,23H,10-15H2/t18-,20+,21-/m1/s1. The number of likely N-dealkylation sites (tertiary alicyclic amines) is 1. The molecule has 2 aliphatic rings. The molecule has 1 saturated carbocycles. The largest absolute Gasteiger partial charge is 0.493 e. The number of aliphatic hydroxyl groups is 1. The lowest BCUT2D eigenvalue weighted by atomic mass is 9.74. The third-order valence-corrected chi connectivity index (χ3v) is 5.44. The van der Waals surface area contributed by atoms with Gasteiger partial charge in [-0.15, -0.1) is 0 Å². The van der Waals surface area contributed by atoms with E-state index in [0.29, 0.717) is 12.5 Å². The Morgan fingerprint density at radius 1 is 0.958 bits per heavy atom. The number of ether oxygens (including phenoxy) is 1. The van der Waals surface area contributed by atoms with Crippen LogP contribution in [0.2, 0.25) is 0 Å². The summed E-state index contributed by atoms with van der Waals surface area (Å²) >= 11 is 0. The molecule has 3 atom stereocenters. The summed E-state index contributed by atoms with van der Waals surface area (Å²) in [5, 5.41) is 9.76. The Hall–Kier alpha value is -1.84. The Bertz CT molecular complexity index is 655. The predicted molar refractivity (Wildman–Crippen MR) is 95.0 cm³/mol. The summed E-state index contributed by atoms with van der Waals surface area (Å²) in [6, 6.07) is 18.9. The van der Waals surface area contributed by atoms with Crippen LogP contribution in [-0.4, -0.2) is 35.8 Å². The van der Waals surface area contributed by atoms with E-state index in [1.807, 2.05) is 6.07 Å². The van der Waals surface area contributed by atoms with Gasteiger partial charge in [0.2, 0.25) is 0 Å². The number of aliphatic hydroxyl groups excluding tert-OH is 1. The van der Waals surface area contributed by atoms with E-state index in [1.165, 1.54) is 11.1 Å². The zero-order valence-corrected chi connectivity index (χ0v) is 14.0. The maximum Gasteiger partial charge on any atom is 0.119 e. The third kappa shape index (κ3) is 3.47. The lowest BCUT2D eigenvalue weighted by Gasteiger charge is -2.35. The highest BCUT2D eigenvalue weighted by molar-refractivity contribution is 5.27. The van der Waals surface area contributed by atoms with Crippen LogP contribution in [0.4, 0.5) is 0 Å². The summed E-state index contributed by atoms with van der Waals surface area (Å²) in [4.78, 5) is 2.47. The highest BCUT2D eigenvalue weighted by Gasteiger charge is 2.45. The zero-order chi connectivity index (χ0) is 16.4. The molecule has 3 nitrogen and oxygen atoms in total. The molecule has 0 spiro atoms. The smallest absolute Gasteiger partial charge is 0.119 e. The van der Waals surface area contributed by atoms with Gasteiger partial charge in [0.1, 0.15) is 5.75 Å². The van der Waals surface area contributed by atoms with Crippen molar-refractivity contribution in [3.8, 4) is 5.75 Å². The van der Waals surface area contributed by atoms with E-state index >= 15 is 0 Å². The van der Waals surface area contributed by atoms with Crippen LogP contribution in [0.25, 0.3) is 0 Å². The summed E-state index contributed by atoms with van der Waals surface area (Å²) in [6.07, 6.45) is 1.87. The molecular formula is C21H25NO2. The quantitative estimate of drug-likeness (QED) is 0.886. The maximum atomic E-state index is 9.76. The van der Waals surface area contributed by atoms with Crippen LogP contribution in [0.5, 0.6) is 5.75 Å². The molecule has 0 unspecified atom stereocenters. The van der Waals surface area contributed by atoms with E-state index in [0.717, 1.165) is 44.1 Å². The van der Waals surface area contributed by atoms with Gasteiger partial charge in [0, 0.05) is 32.0 Å². The predicted octanol–water partition coefficient (Wildman–Crippen LogP) is 3.12. The van der Waals surface area contributed by atoms with Crippen molar-refractivity contribution in [1.82, 2.24) is 4.90 Å². The average Bonchev–Trinajstić information content (AvgIpc) is 2.94. The minimum absolute atomic E-state index is 0.0552. The van der Waals surface area contributed by atoms with Crippen molar-refractivity contribution in [2.45, 2.75) is 25.5 Å². The lowest BCUT2D eigenvalue weighted by Crippen LogP contribution is -2.39. The van der Waals surface area contributed by atoms with Crippen molar-refractivity contribution < 1.29 is 9.84 Å². The van der Waals surface area contributed by atoms with Gasteiger partial charge in [-0.2, -0.15) is 0 Å². The van der Waals surface area contributed by atoms with Crippen LogP contribution in [-0.2, 0) is 13.0 Å². The molecule has 1 heterocycles. The molecule has 3 heteroatoms. The van der Waals surface area contributed by atoms with E-state index in [4.69, 9.17) is 4.74 Å². The molecule has 1 aliphatic heterocycles. The Morgan fingerprint density at radius 2 is 1.75 bits per heavy atom. The van der Waals surface area contributed by atoms with E-state index in [9.17, 15) is 5.11 Å². The Kier molecular flexibility index (Phi) is 4.54. The van der Waals surface area contributed by atoms with Crippen molar-refractivity contribution in [2.24, 2.45) is 11.8 Å². The number of hydrogen-bond donors (Lipinski definition) is 1. The molecule has 0 radical (unpaired) electrons. The lowest BCUT2D eigenvalue weighted by molar-refractivity contribution is -0.00435. The molecule has 2 fully saturated rings. The van der Waals surface area contributed by atoms with Crippen molar-refractivity contribution in [3.63, 3.8) is 0 Å². The molecule has 2 aromatic carbocycles. The minimum Gasteiger partial charge on any atom is -0.493 e. The van der Waals surface area contributed by atoms with Crippen LogP contribution in [0.3, 0.4) is 0 Å². The summed E-state index contributed by atoms with van der Waals surface area (Å²) in [5.74, 6) is 2.18. The molecule has 0 amide bonds. The van der Waals surface area contributed by atoms with Crippen molar-refractivity contribution >= 4 is 0 Å². The van der Waals surface area contributed by atoms with Gasteiger partial charge in [0.15, 0.2) is 0 Å². The highest BCUT2D eigenvalue weighted by Crippen LogP contribution is 2.41. The molecule has 1 saturated heterocycles. The van der Waals surface area contributed by atoms with Gasteiger partial charge in [-0.1, -0.05) is 42.5 Å². The molecule has 1 N–H and O–H groups in total. The van der Waals surface area contributed by atoms with Crippen LogP contribution >= 0.6 is 0 Å². The molecule has 24 heavy (non-hydrogen) atoms. The molecular weight excluding hydrogens is 298 g/mol. The van der Waals surface area contributed by atoms with Crippen molar-refractivity contribution in [1.29, 1.82) is 0 Å². The van der Waals surface area contributed by atoms with Gasteiger partial charge in [0.05, 0.1) is 12.7 Å². The van der Waals surface area contributed by atoms with Gasteiger partial charge in [-0.3, -0.25) is 4.90 Å². The topological polar surface area (TPSA) is 32.7 Å². The van der Waals surface area contributed by atoms with E-state index in [2.05, 4.69) is 53.4 Å². The fourth-order valence-corrected chi connectivity index (χ4v) is 3.97. The Morgan fingerprint density at radius 3 is 2.46 bits per heavy atom. The summed E-state index contributed by atoms with van der Waals surface area (Å²) in [5.41, 5.74) is 2.63. The Labute approximate surface area is 143 Å². The van der Waals surface area contributed by atoms with Crippen molar-refractivity contribution in [3.05, 3.63) is 65.7 Å². The average molecular weight is 323 g/mol. The molecule has 0 bridgehead atoms. The Balaban J connectivity index is 1.24. The van der Waals surface area contributed by atoms with Crippen LogP contribution < -0.4 is 4.74 Å². The maximum absolute atomic E-state index is 9.76. The number of benzene rings is 2. The van der Waals surface area contributed by atoms with Crippen LogP contribution in [0.1, 0.15) is 17.5 Å². The molecule has 1 aliphatic carbocycles. The van der Waals surface area contributed by atoms with Gasteiger partial charge in [-0.25, -0.2) is 0 Å². The van der Waals surface area contributed by atoms with Crippen LogP contribution in [0.15, 0.2) is 54.6 Å². The van der Waals surface area contributed by atoms with Crippen LogP contribution in [0, 0.1) is 11.8 Å². The second kappa shape index (κ2) is 6.96. The van der Waals surface area contributed by atoms with Gasteiger partial charge >= 0.3 is 0 Å². The summed E-state index contributed by atoms with van der Waals surface area (Å²) in [6.45, 7) is 3.86. The second-order valence-corrected chi connectivity index (χ2v) is 7.15. The first-order valence-electron chi connectivity index (χ1n) is 8.94. The SMILES string of the molecule is O[C@@H]1C[C@@H]2CN(Cc3ccc(OCCc4ccccc4)cc3)C[C@@H]21. The third-order valence-electron chi connectivity index (χ3n) is 5.44. The first-order valence-corrected chi connectivity index (χ1v) is 8.94. The number of rotatable bonds is 6. The molecule has 126 valence electrons. The van der Waals surface area contributed by atoms with Crippen molar-refractivity contribution in [2.75, 3.05) is 19.7 Å². The van der Waals surface area contributed by atoms with E-state index < -0.39 is 0 Å². The van der Waals surface area contributed by atoms with Gasteiger partial charge in [-0.05, 0) is 35.6 Å². The summed E-state index contributed by atoms with van der Waals surface area (Å²) < 4.78 is 5.85. The van der Waals surface area contributed by atoms with E-state index in [1.54, 1.807) is 0 Å².